The molecule has 1 atom stereocenters. The Kier molecular flexibility index (Phi) is 6.36. The summed E-state index contributed by atoms with van der Waals surface area (Å²) in [6, 6.07) is 17.4. The van der Waals surface area contributed by atoms with Gasteiger partial charge in [-0.3, -0.25) is 4.79 Å². The summed E-state index contributed by atoms with van der Waals surface area (Å²) in [5.41, 5.74) is 1.81. The molecule has 1 unspecified atom stereocenters. The molecule has 0 amide bonds. The zero-order valence-electron chi connectivity index (χ0n) is 14.2. The molecule has 0 aromatic heterocycles. The Hall–Kier alpha value is -2.13. The van der Waals surface area contributed by atoms with Crippen molar-refractivity contribution in [3.05, 3.63) is 65.7 Å². The number of hydrogen-bond donors (Lipinski definition) is 0. The van der Waals surface area contributed by atoms with Crippen LogP contribution in [-0.2, 0) is 0 Å². The van der Waals surface area contributed by atoms with Gasteiger partial charge in [0.15, 0.2) is 5.78 Å². The first-order valence-corrected chi connectivity index (χ1v) is 8.08. The average molecular weight is 311 g/mol. The summed E-state index contributed by atoms with van der Waals surface area (Å²) < 4.78 is 5.67. The Morgan fingerprint density at radius 3 is 2.26 bits per heavy atom. The van der Waals surface area contributed by atoms with Crippen molar-refractivity contribution in [2.75, 3.05) is 27.2 Å². The van der Waals surface area contributed by atoms with Crippen molar-refractivity contribution < 1.29 is 9.53 Å². The molecule has 0 fully saturated rings. The minimum atomic E-state index is -0.0864. The number of carbonyl (C=O) groups is 1. The minimum Gasteiger partial charge on any atom is -0.492 e. The highest BCUT2D eigenvalue weighted by atomic mass is 16.5. The van der Waals surface area contributed by atoms with E-state index in [1.807, 2.05) is 75.6 Å². The summed E-state index contributed by atoms with van der Waals surface area (Å²) in [6.07, 6.45) is 0.796. The fraction of sp³-hybridized carbons (Fsp3) is 0.350. The van der Waals surface area contributed by atoms with Gasteiger partial charge in [-0.25, -0.2) is 0 Å². The predicted molar refractivity (Wildman–Crippen MR) is 94.3 cm³/mol. The van der Waals surface area contributed by atoms with Gasteiger partial charge in [-0.2, -0.15) is 0 Å². The third-order valence-electron chi connectivity index (χ3n) is 3.87. The Bertz CT molecular complexity index is 605. The summed E-state index contributed by atoms with van der Waals surface area (Å²) in [7, 11) is 4.03. The van der Waals surface area contributed by atoms with E-state index in [9.17, 15) is 4.79 Å². The Labute approximate surface area is 138 Å². The van der Waals surface area contributed by atoms with Crippen molar-refractivity contribution in [1.82, 2.24) is 4.90 Å². The highest BCUT2D eigenvalue weighted by molar-refractivity contribution is 6.01. The molecule has 2 rings (SSSR count). The van der Waals surface area contributed by atoms with Crippen molar-refractivity contribution in [2.24, 2.45) is 0 Å². The maximum Gasteiger partial charge on any atom is 0.170 e. The van der Waals surface area contributed by atoms with E-state index in [4.69, 9.17) is 4.74 Å². The topological polar surface area (TPSA) is 29.5 Å². The number of likely N-dealkylation sites (N-methyl/N-ethyl adjacent to an activating group) is 1. The third kappa shape index (κ3) is 4.93. The average Bonchev–Trinajstić information content (AvgIpc) is 2.57. The van der Waals surface area contributed by atoms with Crippen LogP contribution in [-0.4, -0.2) is 37.9 Å². The standard InChI is InChI=1S/C20H25NO2/c1-4-19(16-8-6-5-7-9-16)20(22)17-10-12-18(13-11-17)23-15-14-21(2)3/h5-13,19H,4,14-15H2,1-3H3. The lowest BCUT2D eigenvalue weighted by Crippen LogP contribution is -2.19. The van der Waals surface area contributed by atoms with Crippen molar-refractivity contribution >= 4 is 5.78 Å². The smallest absolute Gasteiger partial charge is 0.170 e. The maximum absolute atomic E-state index is 12.7. The van der Waals surface area contributed by atoms with Crippen LogP contribution in [0.3, 0.4) is 0 Å². The van der Waals surface area contributed by atoms with Gasteiger partial charge in [-0.05, 0) is 50.3 Å². The lowest BCUT2D eigenvalue weighted by atomic mass is 9.89. The molecule has 0 saturated carbocycles. The molecular formula is C20H25NO2. The SMILES string of the molecule is CCC(C(=O)c1ccc(OCCN(C)C)cc1)c1ccccc1. The molecule has 0 spiro atoms. The van der Waals surface area contributed by atoms with Crippen LogP contribution in [0.2, 0.25) is 0 Å². The third-order valence-corrected chi connectivity index (χ3v) is 3.87. The molecule has 0 heterocycles. The molecular weight excluding hydrogens is 286 g/mol. The van der Waals surface area contributed by atoms with Crippen LogP contribution in [0, 0.1) is 0 Å². The van der Waals surface area contributed by atoms with Gasteiger partial charge in [-0.1, -0.05) is 37.3 Å². The lowest BCUT2D eigenvalue weighted by molar-refractivity contribution is 0.0957. The van der Waals surface area contributed by atoms with Gasteiger partial charge in [0.2, 0.25) is 0 Å². The van der Waals surface area contributed by atoms with E-state index in [1.54, 1.807) is 0 Å². The summed E-state index contributed by atoms with van der Waals surface area (Å²) in [6.45, 7) is 3.56. The largest absolute Gasteiger partial charge is 0.492 e. The van der Waals surface area contributed by atoms with Crippen molar-refractivity contribution in [3.63, 3.8) is 0 Å². The van der Waals surface area contributed by atoms with Crippen LogP contribution in [0.5, 0.6) is 5.75 Å². The van der Waals surface area contributed by atoms with Gasteiger partial charge in [0, 0.05) is 18.0 Å². The highest BCUT2D eigenvalue weighted by Crippen LogP contribution is 2.25. The van der Waals surface area contributed by atoms with Gasteiger partial charge in [0.05, 0.1) is 0 Å². The van der Waals surface area contributed by atoms with Crippen LogP contribution < -0.4 is 4.74 Å². The van der Waals surface area contributed by atoms with Gasteiger partial charge in [-0.15, -0.1) is 0 Å². The summed E-state index contributed by atoms with van der Waals surface area (Å²) in [5, 5.41) is 0. The van der Waals surface area contributed by atoms with Gasteiger partial charge in [0.25, 0.3) is 0 Å². The molecule has 0 aliphatic heterocycles. The van der Waals surface area contributed by atoms with E-state index in [0.29, 0.717) is 6.61 Å². The maximum atomic E-state index is 12.7. The molecule has 0 N–H and O–H groups in total. The number of rotatable bonds is 8. The second-order valence-corrected chi connectivity index (χ2v) is 5.91. The number of Topliss-reactive ketones (excluding diaryl/α,β-unsaturated/α-hetero) is 1. The molecule has 3 nitrogen and oxygen atoms in total. The second-order valence-electron chi connectivity index (χ2n) is 5.91. The fourth-order valence-electron chi connectivity index (χ4n) is 2.52. The number of hydrogen-bond acceptors (Lipinski definition) is 3. The highest BCUT2D eigenvalue weighted by Gasteiger charge is 2.19. The van der Waals surface area contributed by atoms with E-state index in [0.717, 1.165) is 29.8 Å². The zero-order chi connectivity index (χ0) is 16.7. The molecule has 3 heteroatoms. The van der Waals surface area contributed by atoms with E-state index >= 15 is 0 Å². The molecule has 0 aliphatic rings. The first kappa shape index (κ1) is 17.2. The molecule has 2 aromatic carbocycles. The molecule has 23 heavy (non-hydrogen) atoms. The zero-order valence-corrected chi connectivity index (χ0v) is 14.2. The van der Waals surface area contributed by atoms with E-state index in [-0.39, 0.29) is 11.7 Å². The molecule has 0 saturated heterocycles. The second kappa shape index (κ2) is 8.49. The number of benzene rings is 2. The Balaban J connectivity index is 2.04. The molecule has 0 radical (unpaired) electrons. The van der Waals surface area contributed by atoms with Gasteiger partial charge in [0.1, 0.15) is 12.4 Å². The predicted octanol–water partition coefficient (Wildman–Crippen LogP) is 4.00. The Morgan fingerprint density at radius 1 is 1.04 bits per heavy atom. The number of ketones is 1. The summed E-state index contributed by atoms with van der Waals surface area (Å²) >= 11 is 0. The number of carbonyl (C=O) groups excluding carboxylic acids is 1. The van der Waals surface area contributed by atoms with Crippen LogP contribution >= 0.6 is 0 Å². The van der Waals surface area contributed by atoms with Gasteiger partial charge >= 0.3 is 0 Å². The monoisotopic (exact) mass is 311 g/mol. The van der Waals surface area contributed by atoms with Gasteiger partial charge < -0.3 is 9.64 Å². The number of ether oxygens (including phenoxy) is 1. The lowest BCUT2D eigenvalue weighted by Gasteiger charge is -2.15. The fourth-order valence-corrected chi connectivity index (χ4v) is 2.52. The normalized spacial score (nSPS) is 12.2. The first-order chi connectivity index (χ1) is 11.1. The quantitative estimate of drug-likeness (QED) is 0.690. The van der Waals surface area contributed by atoms with E-state index in [2.05, 4.69) is 4.90 Å². The van der Waals surface area contributed by atoms with Crippen LogP contribution in [0.4, 0.5) is 0 Å². The summed E-state index contributed by atoms with van der Waals surface area (Å²) in [5.74, 6) is 0.881. The molecule has 122 valence electrons. The van der Waals surface area contributed by atoms with Crippen LogP contribution in [0.1, 0.15) is 35.2 Å². The number of nitrogens with zero attached hydrogens (tertiary/aromatic N) is 1. The van der Waals surface area contributed by atoms with E-state index in [1.165, 1.54) is 0 Å². The minimum absolute atomic E-state index is 0.0864. The van der Waals surface area contributed by atoms with Crippen molar-refractivity contribution in [3.8, 4) is 5.75 Å². The van der Waals surface area contributed by atoms with E-state index < -0.39 is 0 Å². The Morgan fingerprint density at radius 2 is 1.70 bits per heavy atom. The molecule has 0 aliphatic carbocycles. The van der Waals surface area contributed by atoms with Crippen LogP contribution in [0.15, 0.2) is 54.6 Å². The van der Waals surface area contributed by atoms with Crippen LogP contribution in [0.25, 0.3) is 0 Å². The first-order valence-electron chi connectivity index (χ1n) is 8.08. The molecule has 2 aromatic rings. The molecule has 0 bridgehead atoms. The van der Waals surface area contributed by atoms with Crippen molar-refractivity contribution in [1.29, 1.82) is 0 Å². The van der Waals surface area contributed by atoms with Crippen molar-refractivity contribution in [2.45, 2.75) is 19.3 Å². The summed E-state index contributed by atoms with van der Waals surface area (Å²) in [4.78, 5) is 14.8.